The van der Waals surface area contributed by atoms with Gasteiger partial charge in [-0.15, -0.1) is 0 Å². The minimum Gasteiger partial charge on any atom is -0.400 e. The zero-order valence-corrected chi connectivity index (χ0v) is 16.0. The number of hydrogen-bond donors (Lipinski definition) is 1. The van der Waals surface area contributed by atoms with Crippen molar-refractivity contribution in [2.45, 2.75) is 38.9 Å². The first kappa shape index (κ1) is 17.8. The average Bonchev–Trinajstić information content (AvgIpc) is 2.75. The molecule has 0 radical (unpaired) electrons. The molecule has 1 saturated heterocycles. The minimum atomic E-state index is -0.415. The third kappa shape index (κ3) is 3.10. The summed E-state index contributed by atoms with van der Waals surface area (Å²) in [6.07, 6.45) is 3.82. The zero-order valence-electron chi connectivity index (χ0n) is 14.3. The summed E-state index contributed by atoms with van der Waals surface area (Å²) in [4.78, 5) is 4.29. The van der Waals surface area contributed by atoms with Crippen molar-refractivity contribution in [1.82, 2.24) is 4.98 Å². The van der Waals surface area contributed by atoms with Crippen molar-refractivity contribution < 1.29 is 9.31 Å². The fourth-order valence-corrected chi connectivity index (χ4v) is 3.13. The van der Waals surface area contributed by atoms with Crippen LogP contribution in [0, 0.1) is 0 Å². The van der Waals surface area contributed by atoms with E-state index in [9.17, 15) is 0 Å². The van der Waals surface area contributed by atoms with Gasteiger partial charge in [0.05, 0.1) is 11.2 Å². The first-order valence-electron chi connectivity index (χ1n) is 7.95. The van der Waals surface area contributed by atoms with Gasteiger partial charge < -0.3 is 9.31 Å². The topological polar surface area (TPSA) is 31.4 Å². The van der Waals surface area contributed by atoms with Gasteiger partial charge in [0, 0.05) is 22.9 Å². The van der Waals surface area contributed by atoms with Crippen molar-refractivity contribution in [3.05, 3.63) is 46.7 Å². The largest absolute Gasteiger partial charge is 0.491 e. The van der Waals surface area contributed by atoms with Gasteiger partial charge >= 0.3 is 7.12 Å². The lowest BCUT2D eigenvalue weighted by Crippen LogP contribution is -2.41. The number of halogens is 1. The van der Waals surface area contributed by atoms with E-state index in [1.165, 1.54) is 0 Å². The fourth-order valence-electron chi connectivity index (χ4n) is 2.68. The van der Waals surface area contributed by atoms with Gasteiger partial charge in [0.1, 0.15) is 5.15 Å². The lowest BCUT2D eigenvalue weighted by Gasteiger charge is -2.32. The maximum atomic E-state index is 6.21. The van der Waals surface area contributed by atoms with E-state index >= 15 is 0 Å². The van der Waals surface area contributed by atoms with Gasteiger partial charge in [0.15, 0.2) is 0 Å². The average molecular weight is 362 g/mol. The molecule has 1 aromatic heterocycles. The lowest BCUT2D eigenvalue weighted by atomic mass is 9.78. The number of pyridine rings is 1. The number of nitrogens with zero attached hydrogens (tertiary/aromatic N) is 1. The quantitative estimate of drug-likeness (QED) is 0.482. The van der Waals surface area contributed by atoms with Crippen LogP contribution in [-0.4, -0.2) is 29.1 Å². The molecule has 0 unspecified atom stereocenters. The number of aromatic nitrogens is 1. The van der Waals surface area contributed by atoms with Gasteiger partial charge in [-0.25, -0.2) is 4.98 Å². The molecule has 1 aliphatic heterocycles. The summed E-state index contributed by atoms with van der Waals surface area (Å²) in [6, 6.07) is 7.95. The molecule has 1 fully saturated rings. The van der Waals surface area contributed by atoms with Crippen molar-refractivity contribution in [1.29, 1.82) is 0 Å². The second kappa shape index (κ2) is 6.38. The van der Waals surface area contributed by atoms with E-state index in [4.69, 9.17) is 20.9 Å². The van der Waals surface area contributed by atoms with E-state index in [0.717, 1.165) is 21.8 Å². The standard InChI is InChI=1S/C18H21BClNO2S/c1-17(2)18(3,4)23-19(22-17)13(11-24)9-12-10-21-16(20)15-8-6-5-7-14(12)15/h5-10,24H,11H2,1-4H3. The van der Waals surface area contributed by atoms with Crippen LogP contribution in [0.15, 0.2) is 35.9 Å². The van der Waals surface area contributed by atoms with Gasteiger partial charge in [-0.3, -0.25) is 0 Å². The molecule has 6 heteroatoms. The number of benzene rings is 1. The SMILES string of the molecule is CC1(C)OB(C(=Cc2cnc(Cl)c3ccccc23)CS)OC1(C)C. The highest BCUT2D eigenvalue weighted by atomic mass is 35.5. The van der Waals surface area contributed by atoms with Crippen LogP contribution in [0.2, 0.25) is 5.15 Å². The predicted octanol–water partition coefficient (Wildman–Crippen LogP) is 4.83. The van der Waals surface area contributed by atoms with Gasteiger partial charge in [0.2, 0.25) is 0 Å². The molecule has 0 saturated carbocycles. The Labute approximate surface area is 153 Å². The first-order valence-corrected chi connectivity index (χ1v) is 8.96. The Morgan fingerprint density at radius 1 is 1.17 bits per heavy atom. The van der Waals surface area contributed by atoms with Crippen LogP contribution in [0.1, 0.15) is 33.3 Å². The minimum absolute atomic E-state index is 0.375. The Morgan fingerprint density at radius 3 is 2.33 bits per heavy atom. The van der Waals surface area contributed by atoms with Crippen LogP contribution in [0.25, 0.3) is 16.8 Å². The monoisotopic (exact) mass is 361 g/mol. The van der Waals surface area contributed by atoms with Crippen molar-refractivity contribution in [2.24, 2.45) is 0 Å². The summed E-state index contributed by atoms with van der Waals surface area (Å²) in [6.45, 7) is 8.18. The molecular weight excluding hydrogens is 341 g/mol. The Kier molecular flexibility index (Phi) is 4.73. The molecule has 2 heterocycles. The summed E-state index contributed by atoms with van der Waals surface area (Å²) in [5.41, 5.74) is 1.19. The fraction of sp³-hybridized carbons (Fsp3) is 0.389. The third-order valence-corrected chi connectivity index (χ3v) is 5.52. The molecule has 1 aromatic carbocycles. The highest BCUT2D eigenvalue weighted by Gasteiger charge is 2.52. The second-order valence-corrected chi connectivity index (χ2v) is 7.69. The van der Waals surface area contributed by atoms with Gasteiger partial charge in [-0.05, 0) is 38.6 Å². The van der Waals surface area contributed by atoms with Crippen LogP contribution >= 0.6 is 24.2 Å². The summed E-state index contributed by atoms with van der Waals surface area (Å²) in [7, 11) is -0.415. The van der Waals surface area contributed by atoms with E-state index in [0.29, 0.717) is 10.9 Å². The molecule has 126 valence electrons. The number of fused-ring (bicyclic) bond motifs is 1. The van der Waals surface area contributed by atoms with Crippen LogP contribution in [-0.2, 0) is 9.31 Å². The van der Waals surface area contributed by atoms with Gasteiger partial charge in [-0.1, -0.05) is 41.9 Å². The Hall–Kier alpha value is -1.01. The molecule has 0 amide bonds. The van der Waals surface area contributed by atoms with E-state index < -0.39 is 7.12 Å². The van der Waals surface area contributed by atoms with Crippen molar-refractivity contribution >= 4 is 48.2 Å². The predicted molar refractivity (Wildman–Crippen MR) is 105 cm³/mol. The summed E-state index contributed by atoms with van der Waals surface area (Å²) >= 11 is 10.7. The smallest absolute Gasteiger partial charge is 0.400 e. The molecule has 0 atom stereocenters. The van der Waals surface area contributed by atoms with Crippen molar-refractivity contribution in [3.8, 4) is 0 Å². The molecular formula is C18H21BClNO2S. The van der Waals surface area contributed by atoms with E-state index in [1.54, 1.807) is 6.20 Å². The highest BCUT2D eigenvalue weighted by Crippen LogP contribution is 2.39. The summed E-state index contributed by atoms with van der Waals surface area (Å²) in [5.74, 6) is 0.535. The van der Waals surface area contributed by atoms with Crippen molar-refractivity contribution in [3.63, 3.8) is 0 Å². The van der Waals surface area contributed by atoms with E-state index in [1.807, 2.05) is 58.0 Å². The van der Waals surface area contributed by atoms with Crippen LogP contribution in [0.5, 0.6) is 0 Å². The van der Waals surface area contributed by atoms with Crippen LogP contribution in [0.4, 0.5) is 0 Å². The van der Waals surface area contributed by atoms with Gasteiger partial charge in [-0.2, -0.15) is 12.6 Å². The molecule has 2 aromatic rings. The highest BCUT2D eigenvalue weighted by molar-refractivity contribution is 7.80. The molecule has 0 spiro atoms. The maximum absolute atomic E-state index is 6.21. The molecule has 3 rings (SSSR count). The number of thiol groups is 1. The van der Waals surface area contributed by atoms with Gasteiger partial charge in [0.25, 0.3) is 0 Å². The van der Waals surface area contributed by atoms with E-state index in [2.05, 4.69) is 17.6 Å². The molecule has 1 aliphatic rings. The molecule has 0 aliphatic carbocycles. The van der Waals surface area contributed by atoms with Crippen LogP contribution in [0.3, 0.4) is 0 Å². The summed E-state index contributed by atoms with van der Waals surface area (Å²) < 4.78 is 12.3. The lowest BCUT2D eigenvalue weighted by molar-refractivity contribution is 0.00578. The summed E-state index contributed by atoms with van der Waals surface area (Å²) in [5, 5.41) is 2.49. The Bertz CT molecular complexity index is 791. The number of hydrogen-bond acceptors (Lipinski definition) is 4. The van der Waals surface area contributed by atoms with Crippen molar-refractivity contribution in [2.75, 3.05) is 5.75 Å². The Balaban J connectivity index is 2.03. The molecule has 0 bridgehead atoms. The normalized spacial score (nSPS) is 19.9. The van der Waals surface area contributed by atoms with E-state index in [-0.39, 0.29) is 11.2 Å². The maximum Gasteiger partial charge on any atom is 0.491 e. The number of rotatable bonds is 3. The third-order valence-electron chi connectivity index (χ3n) is 4.86. The Morgan fingerprint density at radius 2 is 1.75 bits per heavy atom. The molecule has 24 heavy (non-hydrogen) atoms. The zero-order chi connectivity index (χ0) is 17.5. The molecule has 0 N–H and O–H groups in total. The first-order chi connectivity index (χ1) is 11.2. The second-order valence-electron chi connectivity index (χ2n) is 7.02. The molecule has 3 nitrogen and oxygen atoms in total. The van der Waals surface area contributed by atoms with Crippen LogP contribution < -0.4 is 0 Å².